The van der Waals surface area contributed by atoms with Gasteiger partial charge in [-0.05, 0) is 43.9 Å². The number of aliphatic hydroxyl groups excluding tert-OH is 1. The van der Waals surface area contributed by atoms with Gasteiger partial charge in [-0.3, -0.25) is 15.0 Å². The normalized spacial score (nSPS) is 24.0. The third-order valence-corrected chi connectivity index (χ3v) is 5.90. The van der Waals surface area contributed by atoms with Gasteiger partial charge < -0.3 is 14.8 Å². The molecule has 0 saturated heterocycles. The number of rotatable bonds is 5. The number of aryl methyl sites for hydroxylation is 1. The second-order valence-corrected chi connectivity index (χ2v) is 7.97. The summed E-state index contributed by atoms with van der Waals surface area (Å²) in [5.41, 5.74) is 4.00. The zero-order valence-corrected chi connectivity index (χ0v) is 16.1. The van der Waals surface area contributed by atoms with E-state index in [0.717, 1.165) is 54.4 Å². The van der Waals surface area contributed by atoms with Gasteiger partial charge in [0.2, 0.25) is 0 Å². The van der Waals surface area contributed by atoms with Crippen LogP contribution in [0, 0.1) is 18.7 Å². The highest BCUT2D eigenvalue weighted by Gasteiger charge is 2.46. The number of aromatic nitrogens is 2. The van der Waals surface area contributed by atoms with E-state index in [1.807, 2.05) is 18.0 Å². The molecule has 0 amide bonds. The van der Waals surface area contributed by atoms with Crippen LogP contribution >= 0.6 is 0 Å². The van der Waals surface area contributed by atoms with E-state index in [1.54, 1.807) is 6.20 Å². The van der Waals surface area contributed by atoms with E-state index in [1.165, 1.54) is 12.1 Å². The van der Waals surface area contributed by atoms with Crippen LogP contribution in [0.5, 0.6) is 0 Å². The van der Waals surface area contributed by atoms with E-state index < -0.39 is 18.0 Å². The summed E-state index contributed by atoms with van der Waals surface area (Å²) in [5, 5.41) is 17.5. The van der Waals surface area contributed by atoms with Crippen LogP contribution in [0.15, 0.2) is 35.7 Å². The summed E-state index contributed by atoms with van der Waals surface area (Å²) in [4.78, 5) is 22.5. The van der Waals surface area contributed by atoms with Crippen LogP contribution in [-0.4, -0.2) is 44.8 Å². The molecule has 2 aliphatic heterocycles. The molecule has 1 aliphatic carbocycles. The smallest absolute Gasteiger partial charge is 0.148 e. The molecule has 0 radical (unpaired) electrons. The Labute approximate surface area is 167 Å². The molecule has 0 spiro atoms. The molecule has 3 atom stereocenters. The van der Waals surface area contributed by atoms with Crippen LogP contribution in [0.1, 0.15) is 48.4 Å². The summed E-state index contributed by atoms with van der Waals surface area (Å²) in [5.74, 6) is 0.0589. The maximum absolute atomic E-state index is 13.2. The van der Waals surface area contributed by atoms with Gasteiger partial charge in [0.15, 0.2) is 0 Å². The van der Waals surface area contributed by atoms with Crippen molar-refractivity contribution >= 4 is 17.7 Å². The van der Waals surface area contributed by atoms with Gasteiger partial charge in [-0.1, -0.05) is 0 Å². The first-order chi connectivity index (χ1) is 14.0. The second kappa shape index (κ2) is 6.88. The molecule has 3 aliphatic rings. The molecule has 29 heavy (non-hydrogen) atoms. The van der Waals surface area contributed by atoms with Crippen molar-refractivity contribution in [1.29, 1.82) is 0 Å². The number of carbonyl (C=O) groups excluding carboxylic acids is 1. The Morgan fingerprint density at radius 3 is 2.83 bits per heavy atom. The van der Waals surface area contributed by atoms with Gasteiger partial charge in [-0.15, -0.1) is 0 Å². The first kappa shape index (κ1) is 18.2. The lowest BCUT2D eigenvalue weighted by molar-refractivity contribution is -0.113. The summed E-state index contributed by atoms with van der Waals surface area (Å²) < 4.78 is 13.2. The zero-order chi connectivity index (χ0) is 20.1. The SMILES string of the molecule is Cc1cc2c(cn1)N(CC(O)c1ccc(F)cn1)C1CC(C3CC3)=NN1C2C=O. The van der Waals surface area contributed by atoms with Crippen molar-refractivity contribution in [2.75, 3.05) is 11.4 Å². The molecule has 0 bridgehead atoms. The number of hydrogen-bond acceptors (Lipinski definition) is 7. The summed E-state index contributed by atoms with van der Waals surface area (Å²) in [6, 6.07) is 4.22. The van der Waals surface area contributed by atoms with Gasteiger partial charge in [-0.25, -0.2) is 4.39 Å². The fourth-order valence-electron chi connectivity index (χ4n) is 4.28. The van der Waals surface area contributed by atoms with Gasteiger partial charge in [0.25, 0.3) is 0 Å². The van der Waals surface area contributed by atoms with Crippen LogP contribution in [0.25, 0.3) is 0 Å². The highest BCUT2D eigenvalue weighted by molar-refractivity contribution is 5.91. The molecular weight excluding hydrogens is 373 g/mol. The Morgan fingerprint density at radius 1 is 1.31 bits per heavy atom. The van der Waals surface area contributed by atoms with E-state index >= 15 is 0 Å². The molecule has 1 N–H and O–H groups in total. The average molecular weight is 395 g/mol. The second-order valence-electron chi connectivity index (χ2n) is 7.97. The molecule has 150 valence electrons. The number of anilines is 1. The number of β-amino-alcohol motifs (C(OH)–C–C–N with tert-alkyl or cyclic N) is 1. The standard InChI is InChI=1S/C21H22FN5O2/c1-12-6-15-18(9-23-12)26(10-20(29)16-5-4-14(22)8-24-16)21-7-17(13-2-3-13)25-27(21)19(15)11-28/h4-6,8-9,11,13,19-21,29H,2-3,7,10H2,1H3. The first-order valence-electron chi connectivity index (χ1n) is 9.89. The van der Waals surface area contributed by atoms with Crippen molar-refractivity contribution in [3.05, 3.63) is 53.4 Å². The van der Waals surface area contributed by atoms with Crippen molar-refractivity contribution in [2.45, 2.75) is 44.5 Å². The fourth-order valence-corrected chi connectivity index (χ4v) is 4.28. The molecule has 0 aromatic carbocycles. The minimum absolute atomic E-state index is 0.159. The lowest BCUT2D eigenvalue weighted by Crippen LogP contribution is -2.51. The van der Waals surface area contributed by atoms with Gasteiger partial charge in [0.1, 0.15) is 30.4 Å². The molecule has 2 aromatic rings. The van der Waals surface area contributed by atoms with Crippen molar-refractivity contribution in [1.82, 2.24) is 15.0 Å². The van der Waals surface area contributed by atoms with E-state index in [0.29, 0.717) is 11.6 Å². The first-order valence-corrected chi connectivity index (χ1v) is 9.89. The number of hydrogen-bond donors (Lipinski definition) is 1. The highest BCUT2D eigenvalue weighted by Crippen LogP contribution is 2.45. The Bertz CT molecular complexity index is 976. The third-order valence-electron chi connectivity index (χ3n) is 5.90. The third kappa shape index (κ3) is 3.17. The van der Waals surface area contributed by atoms with E-state index in [-0.39, 0.29) is 12.7 Å². The summed E-state index contributed by atoms with van der Waals surface area (Å²) >= 11 is 0. The van der Waals surface area contributed by atoms with Crippen LogP contribution < -0.4 is 4.90 Å². The van der Waals surface area contributed by atoms with Gasteiger partial charge in [0.05, 0.1) is 30.3 Å². The number of halogens is 1. The Kier molecular flexibility index (Phi) is 4.31. The molecule has 1 fully saturated rings. The molecule has 4 heterocycles. The Morgan fingerprint density at radius 2 is 2.14 bits per heavy atom. The molecule has 2 aromatic heterocycles. The predicted molar refractivity (Wildman–Crippen MR) is 105 cm³/mol. The number of aldehydes is 1. The molecular formula is C21H22FN5O2. The number of fused-ring (bicyclic) bond motifs is 2. The lowest BCUT2D eigenvalue weighted by atomic mass is 9.98. The quantitative estimate of drug-likeness (QED) is 0.784. The van der Waals surface area contributed by atoms with E-state index in [2.05, 4.69) is 14.9 Å². The summed E-state index contributed by atoms with van der Waals surface area (Å²) in [7, 11) is 0. The van der Waals surface area contributed by atoms with Crippen LogP contribution in [0.3, 0.4) is 0 Å². The monoisotopic (exact) mass is 395 g/mol. The molecule has 7 nitrogen and oxygen atoms in total. The Hall–Kier alpha value is -2.87. The predicted octanol–water partition coefficient (Wildman–Crippen LogP) is 2.52. The zero-order valence-electron chi connectivity index (χ0n) is 16.1. The van der Waals surface area contributed by atoms with Crippen molar-refractivity contribution < 1.29 is 14.3 Å². The minimum atomic E-state index is -0.913. The van der Waals surface area contributed by atoms with Gasteiger partial charge >= 0.3 is 0 Å². The minimum Gasteiger partial charge on any atom is -0.385 e. The summed E-state index contributed by atoms with van der Waals surface area (Å²) in [6.45, 7) is 2.13. The van der Waals surface area contributed by atoms with Gasteiger partial charge in [0, 0.05) is 23.4 Å². The number of aliphatic hydroxyl groups is 1. The van der Waals surface area contributed by atoms with Crippen LogP contribution in [-0.2, 0) is 4.79 Å². The number of carbonyl (C=O) groups is 1. The lowest BCUT2D eigenvalue weighted by Gasteiger charge is -2.45. The number of nitrogens with zero attached hydrogens (tertiary/aromatic N) is 5. The summed E-state index contributed by atoms with van der Waals surface area (Å²) in [6.07, 6.45) is 5.73. The largest absolute Gasteiger partial charge is 0.385 e. The molecule has 1 saturated carbocycles. The fraction of sp³-hybridized carbons (Fsp3) is 0.429. The number of hydrazone groups is 1. The molecule has 8 heteroatoms. The van der Waals surface area contributed by atoms with E-state index in [9.17, 15) is 14.3 Å². The highest BCUT2D eigenvalue weighted by atomic mass is 19.1. The molecule has 3 unspecified atom stereocenters. The van der Waals surface area contributed by atoms with Crippen LogP contribution in [0.4, 0.5) is 10.1 Å². The Balaban J connectivity index is 1.52. The van der Waals surface area contributed by atoms with Crippen molar-refractivity contribution in [3.8, 4) is 0 Å². The van der Waals surface area contributed by atoms with Crippen molar-refractivity contribution in [2.24, 2.45) is 11.0 Å². The topological polar surface area (TPSA) is 81.9 Å². The van der Waals surface area contributed by atoms with Crippen LogP contribution in [0.2, 0.25) is 0 Å². The van der Waals surface area contributed by atoms with Crippen molar-refractivity contribution in [3.63, 3.8) is 0 Å². The maximum atomic E-state index is 13.2. The number of pyridine rings is 2. The van der Waals surface area contributed by atoms with Gasteiger partial charge in [-0.2, -0.15) is 5.10 Å². The average Bonchev–Trinajstić information content (AvgIpc) is 3.47. The molecule has 5 rings (SSSR count). The van der Waals surface area contributed by atoms with E-state index in [4.69, 9.17) is 5.10 Å². The maximum Gasteiger partial charge on any atom is 0.148 e.